The second-order valence-electron chi connectivity index (χ2n) is 6.87. The van der Waals surface area contributed by atoms with Gasteiger partial charge >= 0.3 is 0 Å². The molecule has 0 atom stereocenters. The molecule has 3 rings (SSSR count). The number of carbonyl (C=O) groups excluding carboxylic acids is 1. The Morgan fingerprint density at radius 2 is 1.71 bits per heavy atom. The number of aryl methyl sites for hydroxylation is 1. The number of hydrogen-bond donors (Lipinski definition) is 2. The molecule has 0 unspecified atom stereocenters. The number of amides is 1. The lowest BCUT2D eigenvalue weighted by molar-refractivity contribution is -0.117. The first kappa shape index (κ1) is 16.6. The summed E-state index contributed by atoms with van der Waals surface area (Å²) in [6, 6.07) is 13.5. The lowest BCUT2D eigenvalue weighted by Gasteiger charge is -2.32. The van der Waals surface area contributed by atoms with Crippen LogP contribution in [0.15, 0.2) is 48.2 Å². The van der Waals surface area contributed by atoms with Crippen LogP contribution in [0.5, 0.6) is 0 Å². The highest BCUT2D eigenvalue weighted by molar-refractivity contribution is 6.30. The minimum absolute atomic E-state index is 0.139. The highest BCUT2D eigenvalue weighted by Crippen LogP contribution is 2.33. The van der Waals surface area contributed by atoms with Crippen LogP contribution in [-0.2, 0) is 4.79 Å². The molecule has 24 heavy (non-hydrogen) atoms. The number of halogens is 1. The van der Waals surface area contributed by atoms with Crippen LogP contribution in [0, 0.1) is 6.92 Å². The van der Waals surface area contributed by atoms with Crippen LogP contribution in [0.3, 0.4) is 0 Å². The molecule has 0 bridgehead atoms. The van der Waals surface area contributed by atoms with Crippen molar-refractivity contribution >= 4 is 23.1 Å². The number of aliphatic hydroxyl groups is 1. The fourth-order valence-corrected chi connectivity index (χ4v) is 3.17. The van der Waals surface area contributed by atoms with Crippen molar-refractivity contribution in [3.05, 3.63) is 64.4 Å². The molecule has 1 heterocycles. The summed E-state index contributed by atoms with van der Waals surface area (Å²) in [5.41, 5.74) is 3.62. The van der Waals surface area contributed by atoms with Crippen molar-refractivity contribution in [3.63, 3.8) is 0 Å². The Kier molecular flexibility index (Phi) is 4.14. The zero-order valence-electron chi connectivity index (χ0n) is 14.0. The molecule has 0 saturated carbocycles. The molecular weight excluding hydrogens is 322 g/mol. The largest absolute Gasteiger partial charge is 0.511 e. The van der Waals surface area contributed by atoms with Crippen LogP contribution in [0.4, 0.5) is 0 Å². The summed E-state index contributed by atoms with van der Waals surface area (Å²) >= 11 is 5.95. The summed E-state index contributed by atoms with van der Waals surface area (Å²) < 4.78 is 0. The summed E-state index contributed by atoms with van der Waals surface area (Å²) in [4.78, 5) is 12.5. The molecule has 0 radical (unpaired) electrons. The lowest BCUT2D eigenvalue weighted by Crippen LogP contribution is -2.47. The van der Waals surface area contributed by atoms with Gasteiger partial charge in [-0.2, -0.15) is 0 Å². The number of benzene rings is 2. The van der Waals surface area contributed by atoms with Gasteiger partial charge in [-0.25, -0.2) is 0 Å². The Balaban J connectivity index is 2.10. The Hall–Kier alpha value is -2.26. The maximum Gasteiger partial charge on any atom is 0.255 e. The topological polar surface area (TPSA) is 49.3 Å². The van der Waals surface area contributed by atoms with E-state index in [1.165, 1.54) is 0 Å². The molecule has 0 aromatic heterocycles. The van der Waals surface area contributed by atoms with E-state index in [0.29, 0.717) is 17.0 Å². The van der Waals surface area contributed by atoms with Gasteiger partial charge in [0.2, 0.25) is 0 Å². The quantitative estimate of drug-likeness (QED) is 0.817. The molecule has 0 fully saturated rings. The molecule has 4 heteroatoms. The average molecular weight is 342 g/mol. The van der Waals surface area contributed by atoms with Gasteiger partial charge in [-0.1, -0.05) is 35.9 Å². The van der Waals surface area contributed by atoms with Gasteiger partial charge in [-0.15, -0.1) is 0 Å². The molecule has 1 amide bonds. The monoisotopic (exact) mass is 341 g/mol. The molecular formula is C20H20ClNO2. The average Bonchev–Trinajstić information content (AvgIpc) is 2.48. The second-order valence-corrected chi connectivity index (χ2v) is 7.31. The van der Waals surface area contributed by atoms with E-state index in [4.69, 9.17) is 11.6 Å². The van der Waals surface area contributed by atoms with E-state index in [9.17, 15) is 9.90 Å². The molecule has 2 aromatic rings. The highest BCUT2D eigenvalue weighted by Gasteiger charge is 2.33. The Morgan fingerprint density at radius 1 is 1.08 bits per heavy atom. The van der Waals surface area contributed by atoms with Crippen molar-refractivity contribution in [1.82, 2.24) is 5.32 Å². The number of nitrogens with one attached hydrogen (secondary N) is 1. The van der Waals surface area contributed by atoms with E-state index in [2.05, 4.69) is 5.32 Å². The van der Waals surface area contributed by atoms with E-state index in [1.54, 1.807) is 0 Å². The molecule has 0 aliphatic carbocycles. The number of aliphatic hydroxyl groups excluding tert-OH is 1. The van der Waals surface area contributed by atoms with Crippen molar-refractivity contribution in [1.29, 1.82) is 0 Å². The standard InChI is InChI=1S/C20H20ClNO2/c1-12-4-5-14(13-6-8-15(21)9-7-13)10-16(12)18-17(23)11-20(2,3)22-19(18)24/h4-10,23H,11H2,1-3H3,(H,22,24). The second kappa shape index (κ2) is 5.99. The van der Waals surface area contributed by atoms with Gasteiger partial charge < -0.3 is 10.4 Å². The zero-order valence-corrected chi connectivity index (χ0v) is 14.7. The van der Waals surface area contributed by atoms with E-state index in [-0.39, 0.29) is 11.7 Å². The summed E-state index contributed by atoms with van der Waals surface area (Å²) in [5.74, 6) is -0.0970. The van der Waals surface area contributed by atoms with Crippen LogP contribution in [0.1, 0.15) is 31.4 Å². The molecule has 1 aliphatic rings. The molecule has 124 valence electrons. The van der Waals surface area contributed by atoms with Gasteiger partial charge in [-0.3, -0.25) is 4.79 Å². The van der Waals surface area contributed by atoms with Gasteiger partial charge in [0.25, 0.3) is 5.91 Å². The highest BCUT2D eigenvalue weighted by atomic mass is 35.5. The fraction of sp³-hybridized carbons (Fsp3) is 0.250. The molecule has 2 aromatic carbocycles. The Bertz CT molecular complexity index is 835. The van der Waals surface area contributed by atoms with Crippen molar-refractivity contribution in [3.8, 4) is 11.1 Å². The van der Waals surface area contributed by atoms with Crippen molar-refractivity contribution < 1.29 is 9.90 Å². The van der Waals surface area contributed by atoms with Crippen LogP contribution in [0.25, 0.3) is 16.7 Å². The summed E-state index contributed by atoms with van der Waals surface area (Å²) in [5, 5.41) is 14.1. The Morgan fingerprint density at radius 3 is 2.33 bits per heavy atom. The van der Waals surface area contributed by atoms with Crippen LogP contribution in [0.2, 0.25) is 5.02 Å². The number of rotatable bonds is 2. The maximum absolute atomic E-state index is 12.5. The minimum Gasteiger partial charge on any atom is -0.511 e. The zero-order chi connectivity index (χ0) is 17.5. The van der Waals surface area contributed by atoms with Gasteiger partial charge in [0.15, 0.2) is 0 Å². The van der Waals surface area contributed by atoms with Gasteiger partial charge in [0, 0.05) is 17.0 Å². The van der Waals surface area contributed by atoms with Crippen molar-refractivity contribution in [2.24, 2.45) is 0 Å². The third kappa shape index (κ3) is 3.17. The van der Waals surface area contributed by atoms with Gasteiger partial charge in [0.05, 0.1) is 5.57 Å². The molecule has 3 nitrogen and oxygen atoms in total. The van der Waals surface area contributed by atoms with E-state index in [0.717, 1.165) is 22.3 Å². The summed E-state index contributed by atoms with van der Waals surface area (Å²) in [6.07, 6.45) is 0.415. The normalized spacial score (nSPS) is 16.9. The first-order valence-corrected chi connectivity index (χ1v) is 8.26. The van der Waals surface area contributed by atoms with E-state index < -0.39 is 5.54 Å². The smallest absolute Gasteiger partial charge is 0.255 e. The molecule has 1 aliphatic heterocycles. The minimum atomic E-state index is -0.438. The summed E-state index contributed by atoms with van der Waals surface area (Å²) in [6.45, 7) is 5.73. The molecule has 0 saturated heterocycles. The Labute approximate surface area is 147 Å². The SMILES string of the molecule is Cc1ccc(-c2ccc(Cl)cc2)cc1C1=C(O)CC(C)(C)NC1=O. The molecule has 2 N–H and O–H groups in total. The number of hydrogen-bond acceptors (Lipinski definition) is 2. The third-order valence-electron chi connectivity index (χ3n) is 4.26. The van der Waals surface area contributed by atoms with Crippen molar-refractivity contribution in [2.45, 2.75) is 32.7 Å². The maximum atomic E-state index is 12.5. The van der Waals surface area contributed by atoms with Crippen molar-refractivity contribution in [2.75, 3.05) is 0 Å². The predicted octanol–water partition coefficient (Wildman–Crippen LogP) is 4.88. The van der Waals surface area contributed by atoms with E-state index >= 15 is 0 Å². The number of carbonyl (C=O) groups is 1. The fourth-order valence-electron chi connectivity index (χ4n) is 3.04. The summed E-state index contributed by atoms with van der Waals surface area (Å²) in [7, 11) is 0. The van der Waals surface area contributed by atoms with Gasteiger partial charge in [-0.05, 0) is 61.2 Å². The predicted molar refractivity (Wildman–Crippen MR) is 98.0 cm³/mol. The van der Waals surface area contributed by atoms with Crippen LogP contribution in [-0.4, -0.2) is 16.6 Å². The van der Waals surface area contributed by atoms with Gasteiger partial charge in [0.1, 0.15) is 5.76 Å². The first-order chi connectivity index (χ1) is 11.3. The molecule has 0 spiro atoms. The third-order valence-corrected chi connectivity index (χ3v) is 4.51. The van der Waals surface area contributed by atoms with Crippen LogP contribution >= 0.6 is 11.6 Å². The van der Waals surface area contributed by atoms with Crippen LogP contribution < -0.4 is 5.32 Å². The van der Waals surface area contributed by atoms with E-state index in [1.807, 2.05) is 63.2 Å². The lowest BCUT2D eigenvalue weighted by atomic mass is 9.87. The first-order valence-electron chi connectivity index (χ1n) is 7.88.